The molecule has 0 radical (unpaired) electrons. The summed E-state index contributed by atoms with van der Waals surface area (Å²) in [6.45, 7) is 11.0. The lowest BCUT2D eigenvalue weighted by Gasteiger charge is -2.34. The number of ether oxygens (including phenoxy) is 1. The molecule has 1 aliphatic rings. The Morgan fingerprint density at radius 3 is 2.45 bits per heavy atom. The first kappa shape index (κ1) is 23.0. The topological polar surface area (TPSA) is 70.4 Å². The molecule has 1 saturated heterocycles. The Balaban J connectivity index is 1.81. The Labute approximate surface area is 174 Å². The van der Waals surface area contributed by atoms with Crippen molar-refractivity contribution in [2.75, 3.05) is 40.3 Å². The third-order valence-corrected chi connectivity index (χ3v) is 4.78. The molecule has 0 spiro atoms. The van der Waals surface area contributed by atoms with Gasteiger partial charge in [0.25, 0.3) is 0 Å². The predicted octanol–water partition coefficient (Wildman–Crippen LogP) is 3.50. The summed E-state index contributed by atoms with van der Waals surface area (Å²) >= 11 is 0. The highest BCUT2D eigenvalue weighted by atomic mass is 16.6. The molecule has 29 heavy (non-hydrogen) atoms. The number of likely N-dealkylation sites (tertiary alicyclic amines) is 1. The van der Waals surface area contributed by atoms with Crippen molar-refractivity contribution in [2.24, 2.45) is 15.9 Å². The van der Waals surface area contributed by atoms with Gasteiger partial charge in [0, 0.05) is 56.9 Å². The number of aliphatic imine (C=N–C) groups is 2. The lowest BCUT2D eigenvalue weighted by molar-refractivity contribution is 0.0174. The molecule has 0 unspecified atom stereocenters. The average Bonchev–Trinajstić information content (AvgIpc) is 2.66. The Morgan fingerprint density at radius 2 is 1.90 bits per heavy atom. The van der Waals surface area contributed by atoms with Crippen molar-refractivity contribution in [1.82, 2.24) is 14.8 Å². The van der Waals surface area contributed by atoms with Gasteiger partial charge >= 0.3 is 6.09 Å². The number of piperidine rings is 1. The molecule has 0 saturated carbocycles. The van der Waals surface area contributed by atoms with Crippen LogP contribution in [0.3, 0.4) is 0 Å². The highest BCUT2D eigenvalue weighted by molar-refractivity contribution is 6.06. The van der Waals surface area contributed by atoms with Crippen molar-refractivity contribution < 1.29 is 9.53 Å². The van der Waals surface area contributed by atoms with E-state index in [1.165, 1.54) is 0 Å². The molecule has 160 valence electrons. The Bertz CT molecular complexity index is 716. The van der Waals surface area contributed by atoms with E-state index < -0.39 is 5.60 Å². The first-order chi connectivity index (χ1) is 13.7. The lowest BCUT2D eigenvalue weighted by Crippen LogP contribution is -2.43. The van der Waals surface area contributed by atoms with Gasteiger partial charge < -0.3 is 14.5 Å². The maximum absolute atomic E-state index is 12.2. The first-order valence-electron chi connectivity index (χ1n) is 10.3. The molecule has 1 aliphatic heterocycles. The number of carbonyl (C=O) groups excluding carboxylic acids is 1. The largest absolute Gasteiger partial charge is 0.444 e. The van der Waals surface area contributed by atoms with Crippen LogP contribution in [0.4, 0.5) is 4.79 Å². The van der Waals surface area contributed by atoms with Gasteiger partial charge in [-0.25, -0.2) is 9.79 Å². The minimum atomic E-state index is -0.443. The van der Waals surface area contributed by atoms with Crippen LogP contribution in [0, 0.1) is 5.92 Å². The summed E-state index contributed by atoms with van der Waals surface area (Å²) in [7, 11) is 3.88. The summed E-state index contributed by atoms with van der Waals surface area (Å²) in [5, 5.41) is 0. The zero-order chi connectivity index (χ0) is 21.4. The molecule has 0 N–H and O–H groups in total. The van der Waals surface area contributed by atoms with Crippen LogP contribution in [0.2, 0.25) is 0 Å². The van der Waals surface area contributed by atoms with Crippen molar-refractivity contribution in [3.8, 4) is 0 Å². The van der Waals surface area contributed by atoms with Gasteiger partial charge in [-0.1, -0.05) is 0 Å². The summed E-state index contributed by atoms with van der Waals surface area (Å²) < 4.78 is 5.48. The zero-order valence-electron chi connectivity index (χ0n) is 18.7. The number of nitrogens with zero attached hydrogens (tertiary/aromatic N) is 5. The minimum absolute atomic E-state index is 0.199. The maximum atomic E-state index is 12.2. The van der Waals surface area contributed by atoms with Gasteiger partial charge in [-0.05, 0) is 65.6 Å². The highest BCUT2D eigenvalue weighted by Crippen LogP contribution is 2.20. The van der Waals surface area contributed by atoms with Crippen molar-refractivity contribution in [3.05, 3.63) is 30.1 Å². The number of amidine groups is 1. The standard InChI is InChI=1S/C22H35N5O2/c1-17(25-20(23-5)19-7-11-24-12-8-19)15-26(6)16-18-9-13-27(14-10-18)21(28)29-22(2,3)4/h7-8,11-12,18H,9-10,13-16H2,1-6H3. The predicted molar refractivity (Wildman–Crippen MR) is 118 cm³/mol. The number of hydrogen-bond donors (Lipinski definition) is 0. The molecule has 0 atom stereocenters. The third kappa shape index (κ3) is 7.93. The van der Waals surface area contributed by atoms with E-state index in [4.69, 9.17) is 9.73 Å². The second-order valence-corrected chi connectivity index (χ2v) is 8.74. The van der Waals surface area contributed by atoms with Crippen LogP contribution in [-0.4, -0.2) is 78.3 Å². The summed E-state index contributed by atoms with van der Waals surface area (Å²) in [5.41, 5.74) is 1.55. The van der Waals surface area contributed by atoms with E-state index in [0.29, 0.717) is 5.92 Å². The molecule has 1 fully saturated rings. The molecule has 2 rings (SSSR count). The van der Waals surface area contributed by atoms with Crippen LogP contribution in [0.15, 0.2) is 34.5 Å². The third-order valence-electron chi connectivity index (χ3n) is 4.78. The monoisotopic (exact) mass is 401 g/mol. The van der Waals surface area contributed by atoms with Crippen LogP contribution < -0.4 is 0 Å². The van der Waals surface area contributed by atoms with Gasteiger partial charge in [-0.2, -0.15) is 0 Å². The molecule has 0 aliphatic carbocycles. The molecule has 2 heterocycles. The van der Waals surface area contributed by atoms with E-state index in [2.05, 4.69) is 21.9 Å². The lowest BCUT2D eigenvalue weighted by atomic mass is 9.96. The van der Waals surface area contributed by atoms with Crippen LogP contribution in [0.5, 0.6) is 0 Å². The van der Waals surface area contributed by atoms with E-state index >= 15 is 0 Å². The number of carbonyl (C=O) groups is 1. The molecule has 0 bridgehead atoms. The van der Waals surface area contributed by atoms with Crippen molar-refractivity contribution in [2.45, 2.75) is 46.1 Å². The molecule has 0 aromatic carbocycles. The van der Waals surface area contributed by atoms with Gasteiger partial charge in [0.1, 0.15) is 5.60 Å². The number of amides is 1. The van der Waals surface area contributed by atoms with Crippen molar-refractivity contribution in [3.63, 3.8) is 0 Å². The molecule has 1 aromatic rings. The fourth-order valence-electron chi connectivity index (χ4n) is 3.48. The average molecular weight is 402 g/mol. The Morgan fingerprint density at radius 1 is 1.28 bits per heavy atom. The summed E-state index contributed by atoms with van der Waals surface area (Å²) in [6.07, 6.45) is 5.30. The van der Waals surface area contributed by atoms with Gasteiger partial charge in [-0.3, -0.25) is 9.98 Å². The molecule has 7 nitrogen and oxygen atoms in total. The molecule has 1 aromatic heterocycles. The highest BCUT2D eigenvalue weighted by Gasteiger charge is 2.27. The maximum Gasteiger partial charge on any atom is 0.410 e. The molecule has 1 amide bonds. The first-order valence-corrected chi connectivity index (χ1v) is 10.3. The Hall–Kier alpha value is -2.28. The second-order valence-electron chi connectivity index (χ2n) is 8.74. The quantitative estimate of drug-likeness (QED) is 0.559. The minimum Gasteiger partial charge on any atom is -0.444 e. The van der Waals surface area contributed by atoms with Crippen LogP contribution in [-0.2, 0) is 4.74 Å². The van der Waals surface area contributed by atoms with Crippen LogP contribution in [0.25, 0.3) is 0 Å². The summed E-state index contributed by atoms with van der Waals surface area (Å²) in [4.78, 5) is 29.4. The van der Waals surface area contributed by atoms with Crippen molar-refractivity contribution in [1.29, 1.82) is 0 Å². The second kappa shape index (κ2) is 10.5. The zero-order valence-corrected chi connectivity index (χ0v) is 18.7. The van der Waals surface area contributed by atoms with Gasteiger partial charge in [0.2, 0.25) is 0 Å². The van der Waals surface area contributed by atoms with E-state index in [-0.39, 0.29) is 6.09 Å². The van der Waals surface area contributed by atoms with Crippen LogP contribution >= 0.6 is 0 Å². The number of hydrogen-bond acceptors (Lipinski definition) is 5. The fraction of sp³-hybridized carbons (Fsp3) is 0.636. The number of rotatable bonds is 5. The smallest absolute Gasteiger partial charge is 0.410 e. The number of aromatic nitrogens is 1. The van der Waals surface area contributed by atoms with E-state index in [1.807, 2.05) is 44.7 Å². The van der Waals surface area contributed by atoms with E-state index in [0.717, 1.165) is 56.1 Å². The van der Waals surface area contributed by atoms with Crippen LogP contribution in [0.1, 0.15) is 46.1 Å². The number of pyridine rings is 1. The van der Waals surface area contributed by atoms with Gasteiger partial charge in [0.15, 0.2) is 5.84 Å². The molecular weight excluding hydrogens is 366 g/mol. The normalized spacial score (nSPS) is 17.0. The molecular formula is C22H35N5O2. The van der Waals surface area contributed by atoms with E-state index in [1.54, 1.807) is 19.4 Å². The Kier molecular flexibility index (Phi) is 8.32. The summed E-state index contributed by atoms with van der Waals surface area (Å²) in [6, 6.07) is 3.84. The van der Waals surface area contributed by atoms with Gasteiger partial charge in [-0.15, -0.1) is 0 Å². The van der Waals surface area contributed by atoms with Crippen molar-refractivity contribution >= 4 is 17.6 Å². The molecule has 7 heteroatoms. The SMILES string of the molecule is CN=C(N=C(C)CN(C)CC1CCN(C(=O)OC(C)(C)C)CC1)c1ccncc1. The van der Waals surface area contributed by atoms with Gasteiger partial charge in [0.05, 0.1) is 0 Å². The van der Waals surface area contributed by atoms with E-state index in [9.17, 15) is 4.79 Å². The fourth-order valence-corrected chi connectivity index (χ4v) is 3.48. The summed E-state index contributed by atoms with van der Waals surface area (Å²) in [5.74, 6) is 1.30.